The fourth-order valence-electron chi connectivity index (χ4n) is 3.08. The molecule has 5 heteroatoms. The number of aryl methyl sites for hydroxylation is 1. The molecular formula is C25H29NO3S. The molecule has 0 bridgehead atoms. The minimum Gasteiger partial charge on any atom is -0.467 e. The van der Waals surface area contributed by atoms with Crippen LogP contribution in [0.25, 0.3) is 0 Å². The summed E-state index contributed by atoms with van der Waals surface area (Å²) in [6.07, 6.45) is 3.92. The Morgan fingerprint density at radius 3 is 2.70 bits per heavy atom. The molecule has 0 aliphatic carbocycles. The molecule has 2 aromatic heterocycles. The molecule has 0 saturated heterocycles. The lowest BCUT2D eigenvalue weighted by Gasteiger charge is -2.20. The third-order valence-electron chi connectivity index (χ3n) is 4.90. The molecule has 0 fully saturated rings. The molecule has 0 aliphatic heterocycles. The average molecular weight is 424 g/mol. The van der Waals surface area contributed by atoms with Crippen LogP contribution >= 0.6 is 11.8 Å². The van der Waals surface area contributed by atoms with Crippen LogP contribution in [0, 0.1) is 6.92 Å². The second kappa shape index (κ2) is 9.43. The zero-order valence-electron chi connectivity index (χ0n) is 18.0. The van der Waals surface area contributed by atoms with E-state index in [9.17, 15) is 4.79 Å². The molecule has 1 atom stereocenters. The van der Waals surface area contributed by atoms with Crippen LogP contribution in [0.2, 0.25) is 0 Å². The van der Waals surface area contributed by atoms with Crippen LogP contribution in [-0.4, -0.2) is 5.91 Å². The third kappa shape index (κ3) is 5.48. The normalized spacial score (nSPS) is 12.5. The van der Waals surface area contributed by atoms with Gasteiger partial charge >= 0.3 is 0 Å². The molecule has 3 rings (SSSR count). The van der Waals surface area contributed by atoms with E-state index < -0.39 is 0 Å². The number of nitrogens with one attached hydrogen (secondary N) is 1. The van der Waals surface area contributed by atoms with E-state index in [-0.39, 0.29) is 17.4 Å². The SMILES string of the molecule is C=CCC(NC(=O)c1ccc(CSc2cc(C(C)(C)C)ccc2C)o1)c1ccco1. The Morgan fingerprint density at radius 2 is 2.03 bits per heavy atom. The highest BCUT2D eigenvalue weighted by Crippen LogP contribution is 2.32. The minimum absolute atomic E-state index is 0.106. The van der Waals surface area contributed by atoms with Crippen molar-refractivity contribution >= 4 is 17.7 Å². The molecule has 0 radical (unpaired) electrons. The van der Waals surface area contributed by atoms with Gasteiger partial charge in [0.15, 0.2) is 5.76 Å². The maximum atomic E-state index is 12.6. The van der Waals surface area contributed by atoms with E-state index in [0.29, 0.717) is 23.7 Å². The number of carbonyl (C=O) groups excluding carboxylic acids is 1. The Morgan fingerprint density at radius 1 is 1.23 bits per heavy atom. The molecule has 30 heavy (non-hydrogen) atoms. The Labute approximate surface area is 182 Å². The van der Waals surface area contributed by atoms with Gasteiger partial charge in [-0.3, -0.25) is 4.79 Å². The molecule has 2 heterocycles. The largest absolute Gasteiger partial charge is 0.467 e. The zero-order chi connectivity index (χ0) is 21.7. The number of thioether (sulfide) groups is 1. The lowest BCUT2D eigenvalue weighted by atomic mass is 9.87. The lowest BCUT2D eigenvalue weighted by Crippen LogP contribution is -2.27. The summed E-state index contributed by atoms with van der Waals surface area (Å²) in [5.41, 5.74) is 2.65. The summed E-state index contributed by atoms with van der Waals surface area (Å²) in [7, 11) is 0. The van der Waals surface area contributed by atoms with Crippen molar-refractivity contribution in [2.45, 2.75) is 56.2 Å². The average Bonchev–Trinajstić information content (AvgIpc) is 3.38. The van der Waals surface area contributed by atoms with Crippen LogP contribution in [0.1, 0.15) is 66.4 Å². The summed E-state index contributed by atoms with van der Waals surface area (Å²) in [5.74, 6) is 2.16. The fraction of sp³-hybridized carbons (Fsp3) is 0.320. The van der Waals surface area contributed by atoms with Crippen LogP contribution < -0.4 is 5.32 Å². The standard InChI is InChI=1S/C25H29NO3S/c1-6-8-20(21-9-7-14-28-21)26-24(27)22-13-12-19(29-22)16-30-23-15-18(25(3,4)5)11-10-17(23)2/h6-7,9-15,20H,1,8,16H2,2-5H3,(H,26,27). The number of hydrogen-bond donors (Lipinski definition) is 1. The summed E-state index contributed by atoms with van der Waals surface area (Å²) < 4.78 is 11.2. The number of carbonyl (C=O) groups is 1. The van der Waals surface area contributed by atoms with Crippen molar-refractivity contribution < 1.29 is 13.6 Å². The highest BCUT2D eigenvalue weighted by atomic mass is 32.2. The molecule has 1 aromatic carbocycles. The van der Waals surface area contributed by atoms with Crippen molar-refractivity contribution in [2.75, 3.05) is 0 Å². The van der Waals surface area contributed by atoms with Crippen molar-refractivity contribution in [1.29, 1.82) is 0 Å². The summed E-state index contributed by atoms with van der Waals surface area (Å²) >= 11 is 1.72. The van der Waals surface area contributed by atoms with E-state index >= 15 is 0 Å². The van der Waals surface area contributed by atoms with E-state index in [2.05, 4.69) is 57.8 Å². The fourth-order valence-corrected chi connectivity index (χ4v) is 4.04. The molecule has 1 amide bonds. The summed E-state index contributed by atoms with van der Waals surface area (Å²) in [6, 6.07) is 13.6. The number of hydrogen-bond acceptors (Lipinski definition) is 4. The molecule has 4 nitrogen and oxygen atoms in total. The number of furan rings is 2. The van der Waals surface area contributed by atoms with Gasteiger partial charge in [-0.25, -0.2) is 0 Å². The lowest BCUT2D eigenvalue weighted by molar-refractivity contribution is 0.0902. The van der Waals surface area contributed by atoms with Gasteiger partial charge in [-0.2, -0.15) is 0 Å². The van der Waals surface area contributed by atoms with Crippen molar-refractivity contribution in [3.63, 3.8) is 0 Å². The van der Waals surface area contributed by atoms with E-state index in [1.807, 2.05) is 12.1 Å². The van der Waals surface area contributed by atoms with Gasteiger partial charge in [-0.1, -0.05) is 39.0 Å². The number of benzene rings is 1. The van der Waals surface area contributed by atoms with Gasteiger partial charge in [-0.15, -0.1) is 18.3 Å². The molecule has 1 N–H and O–H groups in total. The van der Waals surface area contributed by atoms with E-state index in [1.54, 1.807) is 36.2 Å². The predicted molar refractivity (Wildman–Crippen MR) is 122 cm³/mol. The minimum atomic E-state index is -0.268. The second-order valence-electron chi connectivity index (χ2n) is 8.35. The second-order valence-corrected chi connectivity index (χ2v) is 9.37. The quantitative estimate of drug-likeness (QED) is 0.319. The molecular weight excluding hydrogens is 394 g/mol. The van der Waals surface area contributed by atoms with Gasteiger partial charge in [0.25, 0.3) is 5.91 Å². The Bertz CT molecular complexity index is 996. The van der Waals surface area contributed by atoms with Crippen LogP contribution in [0.15, 0.2) is 75.1 Å². The van der Waals surface area contributed by atoms with E-state index in [4.69, 9.17) is 8.83 Å². The van der Waals surface area contributed by atoms with E-state index in [0.717, 1.165) is 5.76 Å². The summed E-state index contributed by atoms with van der Waals surface area (Å²) in [4.78, 5) is 13.9. The maximum absolute atomic E-state index is 12.6. The third-order valence-corrected chi connectivity index (χ3v) is 6.08. The van der Waals surface area contributed by atoms with Gasteiger partial charge in [0.1, 0.15) is 11.5 Å². The van der Waals surface area contributed by atoms with Crippen molar-refractivity contribution in [1.82, 2.24) is 5.32 Å². The highest BCUT2D eigenvalue weighted by Gasteiger charge is 2.20. The van der Waals surface area contributed by atoms with Crippen LogP contribution in [0.4, 0.5) is 0 Å². The first-order valence-corrected chi connectivity index (χ1v) is 11.0. The molecule has 3 aromatic rings. The summed E-state index contributed by atoms with van der Waals surface area (Å²) in [6.45, 7) is 12.5. The van der Waals surface area contributed by atoms with Crippen LogP contribution in [-0.2, 0) is 11.2 Å². The maximum Gasteiger partial charge on any atom is 0.287 e. The molecule has 0 spiro atoms. The van der Waals surface area contributed by atoms with Crippen molar-refractivity contribution in [3.05, 3.63) is 89.8 Å². The van der Waals surface area contributed by atoms with Crippen LogP contribution in [0.3, 0.4) is 0 Å². The molecule has 0 aliphatic rings. The van der Waals surface area contributed by atoms with Gasteiger partial charge in [0.2, 0.25) is 0 Å². The topological polar surface area (TPSA) is 55.4 Å². The number of rotatable bonds is 8. The highest BCUT2D eigenvalue weighted by molar-refractivity contribution is 7.98. The predicted octanol–water partition coefficient (Wildman–Crippen LogP) is 6.82. The first-order valence-electron chi connectivity index (χ1n) is 10.1. The van der Waals surface area contributed by atoms with Crippen molar-refractivity contribution in [2.24, 2.45) is 0 Å². The smallest absolute Gasteiger partial charge is 0.287 e. The monoisotopic (exact) mass is 423 g/mol. The molecule has 0 saturated carbocycles. The van der Waals surface area contributed by atoms with Gasteiger partial charge in [0.05, 0.1) is 18.1 Å². The Hall–Kier alpha value is -2.66. The first-order chi connectivity index (χ1) is 14.3. The Balaban J connectivity index is 1.65. The first kappa shape index (κ1) is 22.0. The zero-order valence-corrected chi connectivity index (χ0v) is 18.8. The van der Waals surface area contributed by atoms with Gasteiger partial charge < -0.3 is 14.2 Å². The summed E-state index contributed by atoms with van der Waals surface area (Å²) in [5, 5.41) is 2.95. The molecule has 158 valence electrons. The Kier molecular flexibility index (Phi) is 6.93. The van der Waals surface area contributed by atoms with E-state index in [1.165, 1.54) is 16.0 Å². The van der Waals surface area contributed by atoms with Gasteiger partial charge in [0, 0.05) is 4.90 Å². The van der Waals surface area contributed by atoms with Gasteiger partial charge in [-0.05, 0) is 60.2 Å². The van der Waals surface area contributed by atoms with Crippen molar-refractivity contribution in [3.8, 4) is 0 Å². The number of amides is 1. The van der Waals surface area contributed by atoms with Crippen LogP contribution in [0.5, 0.6) is 0 Å². The molecule has 1 unspecified atom stereocenters.